The smallest absolute Gasteiger partial charge is 0.227 e. The number of nitrogens with zero attached hydrogens (tertiary/aromatic N) is 2. The number of ketones is 1. The molecule has 0 bridgehead atoms. The minimum atomic E-state index is 0.0488. The van der Waals surface area contributed by atoms with Gasteiger partial charge < -0.3 is 4.90 Å². The van der Waals surface area contributed by atoms with Gasteiger partial charge in [0.2, 0.25) is 18.2 Å². The molecule has 0 radical (unpaired) electrons. The van der Waals surface area contributed by atoms with Crippen molar-refractivity contribution in [1.29, 1.82) is 0 Å². The quantitative estimate of drug-likeness (QED) is 0.635. The van der Waals surface area contributed by atoms with Crippen LogP contribution in [0, 0.1) is 0 Å². The fraction of sp³-hybridized carbons (Fsp3) is 0.235. The lowest BCUT2D eigenvalue weighted by atomic mass is 10.0. The Morgan fingerprint density at radius 3 is 2.67 bits per heavy atom. The van der Waals surface area contributed by atoms with Crippen LogP contribution in [-0.4, -0.2) is 18.2 Å². The molecule has 3 rings (SSSR count). The lowest BCUT2D eigenvalue weighted by Gasteiger charge is -2.14. The Bertz CT molecular complexity index is 695. The van der Waals surface area contributed by atoms with Crippen molar-refractivity contribution >= 4 is 17.4 Å². The van der Waals surface area contributed by atoms with Crippen LogP contribution in [0.2, 0.25) is 0 Å². The second-order valence-electron chi connectivity index (χ2n) is 5.24. The van der Waals surface area contributed by atoms with E-state index in [4.69, 9.17) is 0 Å². The van der Waals surface area contributed by atoms with Crippen LogP contribution < -0.4 is 9.47 Å². The summed E-state index contributed by atoms with van der Waals surface area (Å²) in [5, 5.41) is 0. The molecule has 0 saturated carbocycles. The van der Waals surface area contributed by atoms with E-state index in [1.165, 1.54) is 0 Å². The van der Waals surface area contributed by atoms with E-state index in [2.05, 4.69) is 0 Å². The topological polar surface area (TPSA) is 41.3 Å². The Morgan fingerprint density at radius 1 is 1.19 bits per heavy atom. The van der Waals surface area contributed by atoms with E-state index in [-0.39, 0.29) is 11.7 Å². The number of hydrogen-bond acceptors (Lipinski definition) is 2. The van der Waals surface area contributed by atoms with Gasteiger partial charge in [-0.25, -0.2) is 0 Å². The van der Waals surface area contributed by atoms with Crippen molar-refractivity contribution in [3.05, 3.63) is 59.9 Å². The molecule has 0 atom stereocenters. The van der Waals surface area contributed by atoms with Crippen LogP contribution >= 0.6 is 0 Å². The molecule has 0 aliphatic carbocycles. The molecule has 1 aliphatic heterocycles. The van der Waals surface area contributed by atoms with Crippen molar-refractivity contribution in [3.8, 4) is 0 Å². The van der Waals surface area contributed by atoms with E-state index in [9.17, 15) is 9.59 Å². The third-order valence-electron chi connectivity index (χ3n) is 3.78. The van der Waals surface area contributed by atoms with Gasteiger partial charge in [0.1, 0.15) is 0 Å². The van der Waals surface area contributed by atoms with E-state index >= 15 is 0 Å². The average Bonchev–Trinajstić information content (AvgIpc) is 2.91. The number of fused-ring (bicyclic) bond motifs is 1. The number of pyridine rings is 1. The van der Waals surface area contributed by atoms with Crippen LogP contribution in [0.5, 0.6) is 0 Å². The van der Waals surface area contributed by atoms with Gasteiger partial charge in [0, 0.05) is 36.9 Å². The monoisotopic (exact) mass is 281 g/mol. The first-order valence-corrected chi connectivity index (χ1v) is 7.03. The summed E-state index contributed by atoms with van der Waals surface area (Å²) in [5.74, 6) is 0.128. The van der Waals surface area contributed by atoms with Gasteiger partial charge in [-0.1, -0.05) is 6.07 Å². The van der Waals surface area contributed by atoms with Crippen molar-refractivity contribution in [2.45, 2.75) is 19.9 Å². The van der Waals surface area contributed by atoms with Crippen molar-refractivity contribution in [2.75, 3.05) is 11.4 Å². The first-order valence-electron chi connectivity index (χ1n) is 7.03. The first kappa shape index (κ1) is 13.5. The molecule has 1 amide bonds. The SMILES string of the molecule is CC(=O)N1CCc2cc(C(=O)C[n+]3ccccc3)ccc21. The van der Waals surface area contributed by atoms with Gasteiger partial charge >= 0.3 is 0 Å². The minimum Gasteiger partial charge on any atom is -0.312 e. The highest BCUT2D eigenvalue weighted by Gasteiger charge is 2.23. The summed E-state index contributed by atoms with van der Waals surface area (Å²) in [6, 6.07) is 11.3. The molecule has 2 aromatic rings. The van der Waals surface area contributed by atoms with E-state index in [0.29, 0.717) is 18.7 Å². The van der Waals surface area contributed by atoms with Gasteiger partial charge in [0.05, 0.1) is 0 Å². The standard InChI is InChI=1S/C17H17N2O2/c1-13(20)19-10-7-14-11-15(5-6-16(14)19)17(21)12-18-8-3-2-4-9-18/h2-6,8-9,11H,7,10,12H2,1H3/q+1. The summed E-state index contributed by atoms with van der Waals surface area (Å²) in [6.07, 6.45) is 4.57. The summed E-state index contributed by atoms with van der Waals surface area (Å²) < 4.78 is 1.86. The van der Waals surface area contributed by atoms with Gasteiger partial charge in [-0.3, -0.25) is 9.59 Å². The lowest BCUT2D eigenvalue weighted by Crippen LogP contribution is -2.36. The number of carbonyl (C=O) groups excluding carboxylic acids is 2. The molecule has 0 N–H and O–H groups in total. The average molecular weight is 281 g/mol. The number of benzene rings is 1. The molecule has 0 spiro atoms. The van der Waals surface area contributed by atoms with Crippen molar-refractivity contribution in [2.24, 2.45) is 0 Å². The van der Waals surface area contributed by atoms with Crippen LogP contribution in [0.4, 0.5) is 5.69 Å². The predicted molar refractivity (Wildman–Crippen MR) is 79.1 cm³/mol. The van der Waals surface area contributed by atoms with Crippen LogP contribution in [0.15, 0.2) is 48.8 Å². The number of hydrogen-bond donors (Lipinski definition) is 0. The van der Waals surface area contributed by atoms with Gasteiger partial charge in [-0.2, -0.15) is 4.57 Å². The van der Waals surface area contributed by atoms with Crippen molar-refractivity contribution in [1.82, 2.24) is 0 Å². The van der Waals surface area contributed by atoms with E-state index in [0.717, 1.165) is 17.7 Å². The molecule has 0 fully saturated rings. The summed E-state index contributed by atoms with van der Waals surface area (Å²) in [6.45, 7) is 2.60. The van der Waals surface area contributed by atoms with Crippen LogP contribution in [-0.2, 0) is 17.8 Å². The second kappa shape index (κ2) is 5.48. The summed E-state index contributed by atoms with van der Waals surface area (Å²) in [4.78, 5) is 25.6. The molecule has 21 heavy (non-hydrogen) atoms. The molecule has 1 aliphatic rings. The zero-order valence-electron chi connectivity index (χ0n) is 12.0. The number of carbonyl (C=O) groups is 2. The van der Waals surface area contributed by atoms with Gasteiger partial charge in [-0.05, 0) is 30.2 Å². The first-order chi connectivity index (χ1) is 10.1. The molecular weight excluding hydrogens is 264 g/mol. The highest BCUT2D eigenvalue weighted by atomic mass is 16.2. The highest BCUT2D eigenvalue weighted by molar-refractivity contribution is 5.98. The molecular formula is C17H17N2O2+. The predicted octanol–water partition coefficient (Wildman–Crippen LogP) is 1.77. The Hall–Kier alpha value is -2.49. The number of amides is 1. The third-order valence-corrected chi connectivity index (χ3v) is 3.78. The Balaban J connectivity index is 1.82. The Kier molecular flexibility index (Phi) is 3.52. The molecule has 1 aromatic heterocycles. The maximum absolute atomic E-state index is 12.3. The number of Topliss-reactive ketones (excluding diaryl/α,β-unsaturated/α-hetero) is 1. The molecule has 0 unspecified atom stereocenters. The third kappa shape index (κ3) is 2.70. The number of rotatable bonds is 3. The van der Waals surface area contributed by atoms with Crippen molar-refractivity contribution in [3.63, 3.8) is 0 Å². The molecule has 4 heteroatoms. The fourth-order valence-corrected chi connectivity index (χ4v) is 2.70. The highest BCUT2D eigenvalue weighted by Crippen LogP contribution is 2.28. The normalized spacial score (nSPS) is 13.1. The van der Waals surface area contributed by atoms with Gasteiger partial charge in [0.15, 0.2) is 12.4 Å². The maximum atomic E-state index is 12.3. The van der Waals surface area contributed by atoms with Gasteiger partial charge in [-0.15, -0.1) is 0 Å². The maximum Gasteiger partial charge on any atom is 0.227 e. The summed E-state index contributed by atoms with van der Waals surface area (Å²) in [7, 11) is 0. The van der Waals surface area contributed by atoms with Gasteiger partial charge in [0.25, 0.3) is 0 Å². The number of aromatic nitrogens is 1. The van der Waals surface area contributed by atoms with E-state index in [1.807, 2.05) is 53.4 Å². The Morgan fingerprint density at radius 2 is 1.95 bits per heavy atom. The van der Waals surface area contributed by atoms with E-state index < -0.39 is 0 Å². The summed E-state index contributed by atoms with van der Waals surface area (Å²) in [5.41, 5.74) is 2.72. The lowest BCUT2D eigenvalue weighted by molar-refractivity contribution is -0.683. The van der Waals surface area contributed by atoms with Crippen LogP contribution in [0.3, 0.4) is 0 Å². The molecule has 0 saturated heterocycles. The zero-order valence-corrected chi connectivity index (χ0v) is 12.0. The fourth-order valence-electron chi connectivity index (χ4n) is 2.70. The zero-order chi connectivity index (χ0) is 14.8. The molecule has 4 nitrogen and oxygen atoms in total. The number of anilines is 1. The van der Waals surface area contributed by atoms with Crippen LogP contribution in [0.1, 0.15) is 22.8 Å². The molecule has 2 heterocycles. The molecule has 106 valence electrons. The van der Waals surface area contributed by atoms with E-state index in [1.54, 1.807) is 11.8 Å². The van der Waals surface area contributed by atoms with Crippen LogP contribution in [0.25, 0.3) is 0 Å². The second-order valence-corrected chi connectivity index (χ2v) is 5.24. The summed E-state index contributed by atoms with van der Waals surface area (Å²) >= 11 is 0. The molecule has 1 aromatic carbocycles. The largest absolute Gasteiger partial charge is 0.312 e. The van der Waals surface area contributed by atoms with Crippen molar-refractivity contribution < 1.29 is 14.2 Å². The Labute approximate surface area is 123 Å². The minimum absolute atomic E-state index is 0.0488.